The van der Waals surface area contributed by atoms with E-state index >= 15 is 0 Å². The molecule has 0 spiro atoms. The van der Waals surface area contributed by atoms with Gasteiger partial charge in [0.25, 0.3) is 17.4 Å². The quantitative estimate of drug-likeness (QED) is 0.421. The predicted octanol–water partition coefficient (Wildman–Crippen LogP) is 3.26. The van der Waals surface area contributed by atoms with Gasteiger partial charge in [-0.3, -0.25) is 24.3 Å². The van der Waals surface area contributed by atoms with E-state index in [0.717, 1.165) is 22.4 Å². The molecule has 8 nitrogen and oxygen atoms in total. The number of fused-ring (bicyclic) bond motifs is 3. The van der Waals surface area contributed by atoms with Gasteiger partial charge in [0, 0.05) is 11.6 Å². The molecule has 154 valence electrons. The van der Waals surface area contributed by atoms with Crippen LogP contribution in [0.1, 0.15) is 20.7 Å². The molecule has 3 heterocycles. The Balaban J connectivity index is 1.49. The number of amides is 2. The lowest BCUT2D eigenvalue weighted by Gasteiger charge is -2.11. The minimum absolute atomic E-state index is 0.00768. The number of imide groups is 1. The zero-order valence-electron chi connectivity index (χ0n) is 16.5. The summed E-state index contributed by atoms with van der Waals surface area (Å²) in [5.74, 6) is -0.916. The molecule has 32 heavy (non-hydrogen) atoms. The number of oxazole rings is 1. The van der Waals surface area contributed by atoms with E-state index in [1.165, 1.54) is 4.57 Å². The second-order valence-corrected chi connectivity index (χ2v) is 7.51. The highest BCUT2D eigenvalue weighted by molar-refractivity contribution is 6.23. The summed E-state index contributed by atoms with van der Waals surface area (Å²) in [5.41, 5.74) is 7.87. The first-order valence-electron chi connectivity index (χ1n) is 9.81. The van der Waals surface area contributed by atoms with E-state index in [0.29, 0.717) is 22.7 Å². The lowest BCUT2D eigenvalue weighted by Crippen LogP contribution is -2.24. The van der Waals surface area contributed by atoms with Crippen LogP contribution in [-0.4, -0.2) is 21.4 Å². The number of hydrogen-bond acceptors (Lipinski definition) is 6. The highest BCUT2D eigenvalue weighted by Gasteiger charge is 2.31. The molecule has 2 amide bonds. The first kappa shape index (κ1) is 18.1. The number of benzene rings is 3. The van der Waals surface area contributed by atoms with E-state index in [1.54, 1.807) is 18.2 Å². The number of nitrogen functional groups attached to an aromatic ring is 1. The van der Waals surface area contributed by atoms with Crippen LogP contribution < -0.4 is 16.6 Å². The molecule has 2 aromatic heterocycles. The van der Waals surface area contributed by atoms with Gasteiger partial charge < -0.3 is 10.2 Å². The summed E-state index contributed by atoms with van der Waals surface area (Å²) in [4.78, 5) is 41.2. The van der Waals surface area contributed by atoms with Crippen molar-refractivity contribution in [3.63, 3.8) is 0 Å². The SMILES string of the molecule is Nc1c2c(cc(=O)n1-c1ccc3oc(-c4ccc5ccccc5c4)nc3c1)C(=O)NC2=O. The molecule has 3 aromatic carbocycles. The molecule has 0 radical (unpaired) electrons. The monoisotopic (exact) mass is 422 g/mol. The zero-order valence-corrected chi connectivity index (χ0v) is 16.5. The summed E-state index contributed by atoms with van der Waals surface area (Å²) >= 11 is 0. The van der Waals surface area contributed by atoms with Gasteiger partial charge in [-0.05, 0) is 41.1 Å². The normalized spacial score (nSPS) is 13.0. The minimum atomic E-state index is -0.632. The third-order valence-corrected chi connectivity index (χ3v) is 5.58. The van der Waals surface area contributed by atoms with Crippen LogP contribution in [0.4, 0.5) is 5.82 Å². The van der Waals surface area contributed by atoms with E-state index in [1.807, 2.05) is 42.5 Å². The van der Waals surface area contributed by atoms with E-state index in [9.17, 15) is 14.4 Å². The number of aromatic nitrogens is 2. The molecular weight excluding hydrogens is 408 g/mol. The Morgan fingerprint density at radius 2 is 1.69 bits per heavy atom. The number of hydrogen-bond donors (Lipinski definition) is 2. The molecule has 0 atom stereocenters. The summed E-state index contributed by atoms with van der Waals surface area (Å²) < 4.78 is 7.10. The van der Waals surface area contributed by atoms with E-state index in [4.69, 9.17) is 10.2 Å². The van der Waals surface area contributed by atoms with Gasteiger partial charge in [0.1, 0.15) is 11.3 Å². The molecule has 0 bridgehead atoms. The zero-order chi connectivity index (χ0) is 22.0. The standard InChI is InChI=1S/C24H14N4O4/c25-21-20-16(22(30)27-23(20)31)11-19(29)28(21)15-7-8-18-17(10-15)26-24(32-18)14-6-5-12-3-1-2-4-13(12)9-14/h1-11H,25H2,(H,27,30,31). The highest BCUT2D eigenvalue weighted by atomic mass is 16.3. The first-order valence-corrected chi connectivity index (χ1v) is 9.81. The summed E-state index contributed by atoms with van der Waals surface area (Å²) in [7, 11) is 0. The molecule has 5 aromatic rings. The number of nitrogens with one attached hydrogen (secondary N) is 1. The Kier molecular flexibility index (Phi) is 3.61. The number of anilines is 1. The maximum atomic E-state index is 12.7. The summed E-state index contributed by atoms with van der Waals surface area (Å²) in [6.07, 6.45) is 0. The second kappa shape index (κ2) is 6.39. The third kappa shape index (κ3) is 2.56. The van der Waals surface area contributed by atoms with Crippen LogP contribution in [0.15, 0.2) is 75.9 Å². The Hall–Kier alpha value is -4.72. The van der Waals surface area contributed by atoms with Crippen LogP contribution in [0.5, 0.6) is 0 Å². The van der Waals surface area contributed by atoms with Crippen LogP contribution in [0.2, 0.25) is 0 Å². The van der Waals surface area contributed by atoms with Gasteiger partial charge in [0.05, 0.1) is 16.8 Å². The van der Waals surface area contributed by atoms with Crippen molar-refractivity contribution < 1.29 is 14.0 Å². The summed E-state index contributed by atoms with van der Waals surface area (Å²) in [5, 5.41) is 4.34. The van der Waals surface area contributed by atoms with E-state index in [2.05, 4.69) is 10.3 Å². The predicted molar refractivity (Wildman–Crippen MR) is 119 cm³/mol. The number of pyridine rings is 1. The molecule has 1 aliphatic rings. The van der Waals surface area contributed by atoms with Crippen molar-refractivity contribution in [2.24, 2.45) is 0 Å². The Labute approximate surface area is 179 Å². The van der Waals surface area contributed by atoms with Crippen LogP contribution in [0.25, 0.3) is 39.0 Å². The largest absolute Gasteiger partial charge is 0.436 e. The number of nitrogens with two attached hydrogens (primary N) is 1. The molecule has 6 rings (SSSR count). The number of carbonyl (C=O) groups is 2. The Morgan fingerprint density at radius 3 is 2.53 bits per heavy atom. The van der Waals surface area contributed by atoms with Gasteiger partial charge in [-0.15, -0.1) is 0 Å². The number of carbonyl (C=O) groups excluding carboxylic acids is 2. The summed E-state index contributed by atoms with van der Waals surface area (Å²) in [6.45, 7) is 0. The maximum Gasteiger partial charge on any atom is 0.262 e. The average molecular weight is 422 g/mol. The number of rotatable bonds is 2. The lowest BCUT2D eigenvalue weighted by molar-refractivity contribution is 0.0880. The topological polar surface area (TPSA) is 120 Å². The van der Waals surface area contributed by atoms with Crippen molar-refractivity contribution in [1.82, 2.24) is 14.9 Å². The molecule has 0 saturated heterocycles. The van der Waals surface area contributed by atoms with Crippen molar-refractivity contribution >= 4 is 39.5 Å². The van der Waals surface area contributed by atoms with Crippen LogP contribution in [0, 0.1) is 0 Å². The van der Waals surface area contributed by atoms with Gasteiger partial charge in [-0.25, -0.2) is 4.98 Å². The van der Waals surface area contributed by atoms with Gasteiger partial charge in [0.2, 0.25) is 5.89 Å². The Bertz CT molecular complexity index is 1680. The molecule has 0 unspecified atom stereocenters. The van der Waals surface area contributed by atoms with Gasteiger partial charge in [-0.2, -0.15) is 0 Å². The number of nitrogens with zero attached hydrogens (tertiary/aromatic N) is 2. The van der Waals surface area contributed by atoms with Gasteiger partial charge in [0.15, 0.2) is 5.58 Å². The highest BCUT2D eigenvalue weighted by Crippen LogP contribution is 2.29. The fourth-order valence-electron chi connectivity index (χ4n) is 4.05. The summed E-state index contributed by atoms with van der Waals surface area (Å²) in [6, 6.07) is 20.0. The lowest BCUT2D eigenvalue weighted by atomic mass is 10.1. The fraction of sp³-hybridized carbons (Fsp3) is 0. The van der Waals surface area contributed by atoms with E-state index in [-0.39, 0.29) is 16.9 Å². The Morgan fingerprint density at radius 1 is 0.875 bits per heavy atom. The van der Waals surface area contributed by atoms with Crippen LogP contribution >= 0.6 is 0 Å². The van der Waals surface area contributed by atoms with Crippen molar-refractivity contribution in [3.8, 4) is 17.1 Å². The first-order chi connectivity index (χ1) is 15.5. The molecule has 0 aliphatic carbocycles. The fourth-order valence-corrected chi connectivity index (χ4v) is 4.05. The maximum absolute atomic E-state index is 12.7. The van der Waals surface area contributed by atoms with Crippen molar-refractivity contribution in [2.75, 3.05) is 5.73 Å². The van der Waals surface area contributed by atoms with Gasteiger partial charge >= 0.3 is 0 Å². The molecule has 0 saturated carbocycles. The van der Waals surface area contributed by atoms with Crippen molar-refractivity contribution in [2.45, 2.75) is 0 Å². The molecule has 3 N–H and O–H groups in total. The van der Waals surface area contributed by atoms with Crippen LogP contribution in [0.3, 0.4) is 0 Å². The average Bonchev–Trinajstić information content (AvgIpc) is 3.33. The van der Waals surface area contributed by atoms with E-state index < -0.39 is 17.4 Å². The molecule has 1 aliphatic heterocycles. The van der Waals surface area contributed by atoms with Crippen molar-refractivity contribution in [3.05, 3.63) is 88.2 Å². The smallest absolute Gasteiger partial charge is 0.262 e. The minimum Gasteiger partial charge on any atom is -0.436 e. The second-order valence-electron chi connectivity index (χ2n) is 7.51. The molecule has 0 fully saturated rings. The van der Waals surface area contributed by atoms with Gasteiger partial charge in [-0.1, -0.05) is 30.3 Å². The third-order valence-electron chi connectivity index (χ3n) is 5.58. The van der Waals surface area contributed by atoms with Crippen LogP contribution in [-0.2, 0) is 0 Å². The molecule has 8 heteroatoms. The van der Waals surface area contributed by atoms with Crippen molar-refractivity contribution in [1.29, 1.82) is 0 Å². The molecular formula is C24H14N4O4.